The molecule has 1 aromatic carbocycles. The number of primary sulfonamides is 1. The van der Waals surface area contributed by atoms with Crippen LogP contribution >= 0.6 is 11.3 Å². The van der Waals surface area contributed by atoms with Crippen molar-refractivity contribution in [2.75, 3.05) is 6.54 Å². The quantitative estimate of drug-likeness (QED) is 0.823. The van der Waals surface area contributed by atoms with E-state index in [1.54, 1.807) is 23.5 Å². The predicted octanol–water partition coefficient (Wildman–Crippen LogP) is 1.56. The van der Waals surface area contributed by atoms with E-state index in [1.807, 2.05) is 6.92 Å². The highest BCUT2D eigenvalue weighted by atomic mass is 32.2. The van der Waals surface area contributed by atoms with E-state index >= 15 is 0 Å². The molecule has 0 spiro atoms. The molecule has 134 valence electrons. The number of nitrogens with one attached hydrogen (secondary N) is 1. The summed E-state index contributed by atoms with van der Waals surface area (Å²) >= 11 is 1.68. The molecular formula is C17H21N3O3S2. The summed E-state index contributed by atoms with van der Waals surface area (Å²) in [6, 6.07) is 6.42. The summed E-state index contributed by atoms with van der Waals surface area (Å²) in [6.45, 7) is 2.53. The van der Waals surface area contributed by atoms with Gasteiger partial charge >= 0.3 is 0 Å². The number of sulfonamides is 1. The van der Waals surface area contributed by atoms with E-state index in [1.165, 1.54) is 17.0 Å². The van der Waals surface area contributed by atoms with Gasteiger partial charge in [0.15, 0.2) is 0 Å². The third kappa shape index (κ3) is 4.45. The van der Waals surface area contributed by atoms with E-state index in [-0.39, 0.29) is 16.7 Å². The number of fused-ring (bicyclic) bond motifs is 1. The minimum absolute atomic E-state index is 0.0112. The zero-order valence-electron chi connectivity index (χ0n) is 14.0. The first-order valence-corrected chi connectivity index (χ1v) is 10.5. The number of nitrogens with zero attached hydrogens (tertiary/aromatic N) is 1. The molecule has 1 aliphatic carbocycles. The molecular weight excluding hydrogens is 358 g/mol. The maximum atomic E-state index is 12.4. The van der Waals surface area contributed by atoms with Gasteiger partial charge < -0.3 is 5.32 Å². The summed E-state index contributed by atoms with van der Waals surface area (Å²) in [4.78, 5) is 18.2. The van der Waals surface area contributed by atoms with Crippen LogP contribution in [0.4, 0.5) is 0 Å². The van der Waals surface area contributed by atoms with Gasteiger partial charge in [-0.15, -0.1) is 11.3 Å². The Morgan fingerprint density at radius 2 is 2.08 bits per heavy atom. The van der Waals surface area contributed by atoms with E-state index in [0.29, 0.717) is 13.0 Å². The molecule has 1 atom stereocenters. The first-order chi connectivity index (χ1) is 11.8. The smallest absolute Gasteiger partial charge is 0.238 e. The van der Waals surface area contributed by atoms with Crippen molar-refractivity contribution in [2.45, 2.75) is 37.5 Å². The minimum atomic E-state index is -3.66. The average Bonchev–Trinajstić information content (AvgIpc) is 2.93. The van der Waals surface area contributed by atoms with Crippen LogP contribution in [0.1, 0.15) is 27.6 Å². The summed E-state index contributed by atoms with van der Waals surface area (Å²) < 4.78 is 22.5. The fraction of sp³-hybridized carbons (Fsp3) is 0.412. The van der Waals surface area contributed by atoms with E-state index in [0.717, 1.165) is 35.5 Å². The molecule has 1 unspecified atom stereocenters. The third-order valence-corrected chi connectivity index (χ3v) is 6.35. The molecule has 2 aromatic rings. The summed E-state index contributed by atoms with van der Waals surface area (Å²) in [5.41, 5.74) is 2.11. The molecule has 0 saturated heterocycles. The maximum absolute atomic E-state index is 12.4. The Kier molecular flexibility index (Phi) is 5.21. The van der Waals surface area contributed by atoms with E-state index in [2.05, 4.69) is 10.3 Å². The van der Waals surface area contributed by atoms with Crippen LogP contribution in [-0.2, 0) is 34.1 Å². The van der Waals surface area contributed by atoms with E-state index in [9.17, 15) is 13.2 Å². The summed E-state index contributed by atoms with van der Waals surface area (Å²) in [7, 11) is -3.66. The van der Waals surface area contributed by atoms with Crippen molar-refractivity contribution >= 4 is 27.3 Å². The van der Waals surface area contributed by atoms with E-state index in [4.69, 9.17) is 5.14 Å². The molecule has 3 N–H and O–H groups in total. The first-order valence-electron chi connectivity index (χ1n) is 8.17. The van der Waals surface area contributed by atoms with Crippen LogP contribution in [0.25, 0.3) is 0 Å². The molecule has 1 amide bonds. The number of rotatable bonds is 5. The van der Waals surface area contributed by atoms with Gasteiger partial charge in [0.1, 0.15) is 0 Å². The number of aryl methyl sites for hydroxylation is 2. The lowest BCUT2D eigenvalue weighted by Gasteiger charge is -2.20. The molecule has 8 heteroatoms. The molecule has 1 heterocycles. The average molecular weight is 380 g/mol. The van der Waals surface area contributed by atoms with Crippen LogP contribution in [0.3, 0.4) is 0 Å². The van der Waals surface area contributed by atoms with Gasteiger partial charge in [-0.05, 0) is 50.3 Å². The number of aromatic nitrogens is 1. The largest absolute Gasteiger partial charge is 0.356 e. The molecule has 0 aliphatic heterocycles. The Balaban J connectivity index is 1.50. The molecule has 1 aromatic heterocycles. The third-order valence-electron chi connectivity index (χ3n) is 4.38. The number of thiazole rings is 1. The summed E-state index contributed by atoms with van der Waals surface area (Å²) in [5, 5.41) is 9.13. The second-order valence-corrected chi connectivity index (χ2v) is 9.12. The molecule has 25 heavy (non-hydrogen) atoms. The predicted molar refractivity (Wildman–Crippen MR) is 96.9 cm³/mol. The van der Waals surface area contributed by atoms with Crippen LogP contribution in [-0.4, -0.2) is 25.9 Å². The van der Waals surface area contributed by atoms with Crippen molar-refractivity contribution in [3.05, 3.63) is 45.4 Å². The fourth-order valence-corrected chi connectivity index (χ4v) is 4.63. The lowest BCUT2D eigenvalue weighted by molar-refractivity contribution is -0.125. The highest BCUT2D eigenvalue weighted by molar-refractivity contribution is 7.89. The highest BCUT2D eigenvalue weighted by Crippen LogP contribution is 2.29. The van der Waals surface area contributed by atoms with Gasteiger partial charge in [-0.25, -0.2) is 18.5 Å². The van der Waals surface area contributed by atoms with Crippen LogP contribution in [0.5, 0.6) is 0 Å². The zero-order chi connectivity index (χ0) is 18.0. The van der Waals surface area contributed by atoms with Gasteiger partial charge in [-0.1, -0.05) is 12.1 Å². The molecule has 1 aliphatic rings. The van der Waals surface area contributed by atoms with Gasteiger partial charge in [0, 0.05) is 17.3 Å². The van der Waals surface area contributed by atoms with Gasteiger partial charge in [-0.2, -0.15) is 0 Å². The molecule has 6 nitrogen and oxygen atoms in total. The lowest BCUT2D eigenvalue weighted by Crippen LogP contribution is -2.35. The van der Waals surface area contributed by atoms with Crippen molar-refractivity contribution in [1.82, 2.24) is 10.3 Å². The fourth-order valence-electron chi connectivity index (χ4n) is 3.05. The van der Waals surface area contributed by atoms with Gasteiger partial charge in [0.25, 0.3) is 0 Å². The lowest BCUT2D eigenvalue weighted by atomic mass is 9.90. The second kappa shape index (κ2) is 7.23. The molecule has 0 fully saturated rings. The Morgan fingerprint density at radius 3 is 2.76 bits per heavy atom. The standard InChI is InChI=1S/C17H21N3O3S2/c1-11-20-15-7-4-13(10-16(15)24-11)17(21)19-9-8-12-2-5-14(6-3-12)25(18,22)23/h2-3,5-6,13H,4,7-10H2,1H3,(H,19,21)(H2,18,22,23). The first kappa shape index (κ1) is 18.0. The molecule has 0 radical (unpaired) electrons. The number of benzene rings is 1. The summed E-state index contributed by atoms with van der Waals surface area (Å²) in [6.07, 6.45) is 3.13. The van der Waals surface area contributed by atoms with Gasteiger partial charge in [0.2, 0.25) is 15.9 Å². The zero-order valence-corrected chi connectivity index (χ0v) is 15.6. The monoisotopic (exact) mass is 379 g/mol. The van der Waals surface area contributed by atoms with Crippen molar-refractivity contribution in [3.63, 3.8) is 0 Å². The SMILES string of the molecule is Cc1nc2c(s1)CC(C(=O)NCCc1ccc(S(N)(=O)=O)cc1)CC2. The number of carbonyl (C=O) groups is 1. The number of amides is 1. The second-order valence-electron chi connectivity index (χ2n) is 6.27. The van der Waals surface area contributed by atoms with Crippen LogP contribution in [0.2, 0.25) is 0 Å². The maximum Gasteiger partial charge on any atom is 0.238 e. The highest BCUT2D eigenvalue weighted by Gasteiger charge is 2.26. The number of carbonyl (C=O) groups excluding carboxylic acids is 1. The molecule has 3 rings (SSSR count). The number of nitrogens with two attached hydrogens (primary N) is 1. The van der Waals surface area contributed by atoms with Crippen LogP contribution < -0.4 is 10.5 Å². The number of hydrogen-bond acceptors (Lipinski definition) is 5. The Morgan fingerprint density at radius 1 is 1.36 bits per heavy atom. The van der Waals surface area contributed by atoms with Crippen molar-refractivity contribution in [1.29, 1.82) is 0 Å². The van der Waals surface area contributed by atoms with Crippen LogP contribution in [0, 0.1) is 12.8 Å². The van der Waals surface area contributed by atoms with E-state index < -0.39 is 10.0 Å². The van der Waals surface area contributed by atoms with Crippen molar-refractivity contribution in [3.8, 4) is 0 Å². The van der Waals surface area contributed by atoms with Crippen molar-refractivity contribution < 1.29 is 13.2 Å². The van der Waals surface area contributed by atoms with Crippen molar-refractivity contribution in [2.24, 2.45) is 11.1 Å². The normalized spacial score (nSPS) is 17.1. The Hall–Kier alpha value is -1.77. The molecule has 0 bridgehead atoms. The van der Waals surface area contributed by atoms with Crippen LogP contribution in [0.15, 0.2) is 29.2 Å². The molecule has 0 saturated carbocycles. The number of hydrogen-bond donors (Lipinski definition) is 2. The summed E-state index contributed by atoms with van der Waals surface area (Å²) in [5.74, 6) is 0.0926. The topological polar surface area (TPSA) is 102 Å². The minimum Gasteiger partial charge on any atom is -0.356 e. The van der Waals surface area contributed by atoms with Gasteiger partial charge in [-0.3, -0.25) is 4.79 Å². The Labute approximate surface area is 151 Å². The van der Waals surface area contributed by atoms with Gasteiger partial charge in [0.05, 0.1) is 15.6 Å². The Bertz CT molecular complexity index is 873.